The zero-order valence-electron chi connectivity index (χ0n) is 7.90. The Hall–Kier alpha value is -1.72. The van der Waals surface area contributed by atoms with Crippen molar-refractivity contribution in [1.29, 1.82) is 0 Å². The van der Waals surface area contributed by atoms with Gasteiger partial charge in [-0.05, 0) is 36.5 Å². The van der Waals surface area contributed by atoms with Crippen LogP contribution in [0.1, 0.15) is 0 Å². The summed E-state index contributed by atoms with van der Waals surface area (Å²) in [6, 6.07) is 9.68. The van der Waals surface area contributed by atoms with Crippen molar-refractivity contribution in [2.45, 2.75) is 0 Å². The maximum atomic E-state index is 5.17. The molecule has 0 saturated heterocycles. The summed E-state index contributed by atoms with van der Waals surface area (Å²) in [5.41, 5.74) is 4.21. The highest BCUT2D eigenvalue weighted by Crippen LogP contribution is 2.16. The first-order chi connectivity index (χ1) is 7.29. The van der Waals surface area contributed by atoms with Crippen LogP contribution in [0.4, 0.5) is 5.69 Å². The summed E-state index contributed by atoms with van der Waals surface area (Å²) >= 11 is 4.90. The number of thiocarbonyl (C=S) groups is 1. The molecule has 15 heavy (non-hydrogen) atoms. The zero-order chi connectivity index (χ0) is 10.7. The quantitative estimate of drug-likeness (QED) is 0.383. The number of hydrogen-bond donors (Lipinski definition) is 3. The standard InChI is InChI=1S/C10H10N4S/c11-14-10(15)13-8-3-4-9-7(6-8)2-1-5-12-9/h1-6H,11H2,(H2,13,14,15). The van der Waals surface area contributed by atoms with Crippen LogP contribution in [0.2, 0.25) is 0 Å². The number of benzene rings is 1. The number of rotatable bonds is 1. The van der Waals surface area contributed by atoms with E-state index in [1.807, 2.05) is 30.3 Å². The molecule has 0 aliphatic carbocycles. The summed E-state index contributed by atoms with van der Waals surface area (Å²) in [5.74, 6) is 5.17. The molecule has 0 unspecified atom stereocenters. The van der Waals surface area contributed by atoms with Crippen molar-refractivity contribution in [3.8, 4) is 0 Å². The van der Waals surface area contributed by atoms with Gasteiger partial charge in [0.2, 0.25) is 0 Å². The molecule has 0 aliphatic rings. The summed E-state index contributed by atoms with van der Waals surface area (Å²) in [6.45, 7) is 0. The van der Waals surface area contributed by atoms with Crippen molar-refractivity contribution in [3.05, 3.63) is 36.5 Å². The second kappa shape index (κ2) is 4.20. The van der Waals surface area contributed by atoms with Crippen LogP contribution in [0.3, 0.4) is 0 Å². The molecule has 1 heterocycles. The normalized spacial score (nSPS) is 9.93. The lowest BCUT2D eigenvalue weighted by atomic mass is 10.2. The highest BCUT2D eigenvalue weighted by atomic mass is 32.1. The van der Waals surface area contributed by atoms with Gasteiger partial charge in [0.1, 0.15) is 0 Å². The van der Waals surface area contributed by atoms with Gasteiger partial charge in [0, 0.05) is 17.3 Å². The van der Waals surface area contributed by atoms with Gasteiger partial charge in [-0.2, -0.15) is 0 Å². The van der Waals surface area contributed by atoms with E-state index in [0.29, 0.717) is 5.11 Å². The van der Waals surface area contributed by atoms with E-state index in [9.17, 15) is 0 Å². The molecule has 0 bridgehead atoms. The van der Waals surface area contributed by atoms with Gasteiger partial charge in [-0.3, -0.25) is 4.98 Å². The summed E-state index contributed by atoms with van der Waals surface area (Å²) in [4.78, 5) is 4.22. The van der Waals surface area contributed by atoms with Crippen LogP contribution >= 0.6 is 12.2 Å². The fraction of sp³-hybridized carbons (Fsp3) is 0. The van der Waals surface area contributed by atoms with Crippen molar-refractivity contribution in [2.24, 2.45) is 5.84 Å². The molecule has 1 aromatic heterocycles. The molecule has 4 nitrogen and oxygen atoms in total. The number of hydrogen-bond acceptors (Lipinski definition) is 3. The zero-order valence-corrected chi connectivity index (χ0v) is 8.71. The molecular formula is C10H10N4S. The number of nitrogens with two attached hydrogens (primary N) is 1. The minimum atomic E-state index is 0.387. The summed E-state index contributed by atoms with van der Waals surface area (Å²) in [5, 5.41) is 4.40. The molecule has 0 radical (unpaired) electrons. The van der Waals surface area contributed by atoms with Crippen molar-refractivity contribution in [1.82, 2.24) is 10.4 Å². The Morgan fingerprint density at radius 3 is 3.00 bits per heavy atom. The molecule has 2 aromatic rings. The molecule has 0 atom stereocenters. The van der Waals surface area contributed by atoms with Crippen LogP contribution in [0.5, 0.6) is 0 Å². The van der Waals surface area contributed by atoms with E-state index in [0.717, 1.165) is 16.6 Å². The Labute approximate surface area is 92.5 Å². The van der Waals surface area contributed by atoms with Gasteiger partial charge in [0.15, 0.2) is 5.11 Å². The number of nitrogens with zero attached hydrogens (tertiary/aromatic N) is 1. The van der Waals surface area contributed by atoms with Crippen molar-refractivity contribution < 1.29 is 0 Å². The number of pyridine rings is 1. The monoisotopic (exact) mass is 218 g/mol. The van der Waals surface area contributed by atoms with E-state index < -0.39 is 0 Å². The molecular weight excluding hydrogens is 208 g/mol. The Kier molecular flexibility index (Phi) is 2.75. The minimum absolute atomic E-state index is 0.387. The van der Waals surface area contributed by atoms with Crippen LogP contribution in [0.25, 0.3) is 10.9 Å². The predicted octanol–water partition coefficient (Wildman–Crippen LogP) is 1.39. The maximum absolute atomic E-state index is 5.17. The van der Waals surface area contributed by atoms with Gasteiger partial charge in [-0.1, -0.05) is 6.07 Å². The summed E-state index contributed by atoms with van der Waals surface area (Å²) in [6.07, 6.45) is 1.77. The second-order valence-corrected chi connectivity index (χ2v) is 3.42. The minimum Gasteiger partial charge on any atom is -0.332 e. The van der Waals surface area contributed by atoms with E-state index in [1.165, 1.54) is 0 Å². The van der Waals surface area contributed by atoms with E-state index in [-0.39, 0.29) is 0 Å². The van der Waals surface area contributed by atoms with E-state index >= 15 is 0 Å². The highest BCUT2D eigenvalue weighted by Gasteiger charge is 1.97. The lowest BCUT2D eigenvalue weighted by Gasteiger charge is -2.07. The van der Waals surface area contributed by atoms with Gasteiger partial charge < -0.3 is 10.7 Å². The topological polar surface area (TPSA) is 63.0 Å². The Morgan fingerprint density at radius 1 is 1.33 bits per heavy atom. The Bertz CT molecular complexity index is 498. The van der Waals surface area contributed by atoms with Crippen LogP contribution in [-0.2, 0) is 0 Å². The first-order valence-corrected chi connectivity index (χ1v) is 4.83. The number of nitrogens with one attached hydrogen (secondary N) is 2. The largest absolute Gasteiger partial charge is 0.332 e. The van der Waals surface area contributed by atoms with Gasteiger partial charge in [-0.15, -0.1) is 0 Å². The average molecular weight is 218 g/mol. The first-order valence-electron chi connectivity index (χ1n) is 4.42. The van der Waals surface area contributed by atoms with Crippen LogP contribution in [0, 0.1) is 0 Å². The molecule has 4 N–H and O–H groups in total. The number of fused-ring (bicyclic) bond motifs is 1. The SMILES string of the molecule is NNC(=S)Nc1ccc2ncccc2c1. The third-order valence-corrected chi connectivity index (χ3v) is 2.21. The molecule has 0 saturated carbocycles. The molecule has 0 fully saturated rings. The average Bonchev–Trinajstić information content (AvgIpc) is 2.29. The van der Waals surface area contributed by atoms with Crippen LogP contribution in [-0.4, -0.2) is 10.1 Å². The van der Waals surface area contributed by atoms with Crippen molar-refractivity contribution >= 4 is 33.9 Å². The van der Waals surface area contributed by atoms with Gasteiger partial charge in [0.05, 0.1) is 5.52 Å². The maximum Gasteiger partial charge on any atom is 0.185 e. The smallest absolute Gasteiger partial charge is 0.185 e. The van der Waals surface area contributed by atoms with E-state index in [2.05, 4.69) is 15.7 Å². The lowest BCUT2D eigenvalue weighted by Crippen LogP contribution is -2.34. The third kappa shape index (κ3) is 2.20. The third-order valence-electron chi connectivity index (χ3n) is 1.99. The summed E-state index contributed by atoms with van der Waals surface area (Å²) in [7, 11) is 0. The lowest BCUT2D eigenvalue weighted by molar-refractivity contribution is 1.04. The highest BCUT2D eigenvalue weighted by molar-refractivity contribution is 7.80. The molecule has 0 spiro atoms. The Morgan fingerprint density at radius 2 is 2.20 bits per heavy atom. The molecule has 0 amide bonds. The number of anilines is 1. The van der Waals surface area contributed by atoms with Crippen LogP contribution < -0.4 is 16.6 Å². The second-order valence-electron chi connectivity index (χ2n) is 3.01. The predicted molar refractivity (Wildman–Crippen MR) is 65.3 cm³/mol. The van der Waals surface area contributed by atoms with E-state index in [4.69, 9.17) is 18.1 Å². The van der Waals surface area contributed by atoms with Crippen molar-refractivity contribution in [2.75, 3.05) is 5.32 Å². The molecule has 2 rings (SSSR count). The van der Waals surface area contributed by atoms with Gasteiger partial charge >= 0.3 is 0 Å². The fourth-order valence-corrected chi connectivity index (χ4v) is 1.44. The van der Waals surface area contributed by atoms with Gasteiger partial charge in [0.25, 0.3) is 0 Å². The van der Waals surface area contributed by atoms with Crippen LogP contribution in [0.15, 0.2) is 36.5 Å². The molecule has 1 aromatic carbocycles. The number of hydrazine groups is 1. The summed E-state index contributed by atoms with van der Waals surface area (Å²) < 4.78 is 0. The first kappa shape index (κ1) is 9.82. The molecule has 5 heteroatoms. The molecule has 76 valence electrons. The number of aromatic nitrogens is 1. The van der Waals surface area contributed by atoms with Crippen molar-refractivity contribution in [3.63, 3.8) is 0 Å². The molecule has 0 aliphatic heterocycles. The fourth-order valence-electron chi connectivity index (χ4n) is 1.32. The Balaban J connectivity index is 2.34. The van der Waals surface area contributed by atoms with Gasteiger partial charge in [-0.25, -0.2) is 5.84 Å². The van der Waals surface area contributed by atoms with E-state index in [1.54, 1.807) is 6.20 Å².